The summed E-state index contributed by atoms with van der Waals surface area (Å²) in [4.78, 5) is 11.3. The number of H-pyrrole nitrogens is 2. The molecule has 0 saturated carbocycles. The van der Waals surface area contributed by atoms with E-state index in [2.05, 4.69) is 27.1 Å². The van der Waals surface area contributed by atoms with E-state index in [1.54, 1.807) is 0 Å². The predicted molar refractivity (Wildman–Crippen MR) is 73.4 cm³/mol. The van der Waals surface area contributed by atoms with E-state index in [1.807, 2.05) is 42.6 Å². The lowest BCUT2D eigenvalue weighted by Gasteiger charge is -1.93. The quantitative estimate of drug-likeness (QED) is 0.517. The zero-order valence-electron chi connectivity index (χ0n) is 9.64. The molecule has 4 rings (SSSR count). The van der Waals surface area contributed by atoms with Gasteiger partial charge in [-0.3, -0.25) is 0 Å². The molecule has 4 aromatic rings. The highest BCUT2D eigenvalue weighted by atomic mass is 14.9. The Bertz CT molecular complexity index is 806. The summed E-state index contributed by atoms with van der Waals surface area (Å²) >= 11 is 0. The number of nitrogens with one attached hydrogen (secondary N) is 2. The number of aromatic amines is 2. The third-order valence-electron chi connectivity index (χ3n) is 3.23. The molecule has 0 saturated heterocycles. The van der Waals surface area contributed by atoms with E-state index < -0.39 is 0 Å². The Morgan fingerprint density at radius 1 is 0.833 bits per heavy atom. The number of nitrogens with zero attached hydrogens (tertiary/aromatic N) is 1. The van der Waals surface area contributed by atoms with Crippen molar-refractivity contribution in [3.8, 4) is 11.4 Å². The standard InChI is InChI=1S/C15H11N3/c1-2-6-12-10(5-1)11(9-16-12)15-17-13-7-3-4-8-14(13)18-15/h1-9,16H,(H,17,18). The summed E-state index contributed by atoms with van der Waals surface area (Å²) in [6, 6.07) is 16.3. The molecule has 0 bridgehead atoms. The highest BCUT2D eigenvalue weighted by molar-refractivity contribution is 5.95. The first kappa shape index (κ1) is 9.48. The van der Waals surface area contributed by atoms with Gasteiger partial charge in [0, 0.05) is 22.7 Å². The van der Waals surface area contributed by atoms with Crippen LogP contribution in [0.3, 0.4) is 0 Å². The summed E-state index contributed by atoms with van der Waals surface area (Å²) in [5.41, 5.74) is 4.31. The van der Waals surface area contributed by atoms with Crippen LogP contribution < -0.4 is 0 Å². The van der Waals surface area contributed by atoms with Crippen LogP contribution in [0.25, 0.3) is 33.3 Å². The molecular formula is C15H11N3. The molecule has 2 aromatic carbocycles. The van der Waals surface area contributed by atoms with Crippen molar-refractivity contribution in [1.82, 2.24) is 15.0 Å². The first-order chi connectivity index (χ1) is 8.92. The van der Waals surface area contributed by atoms with Crippen LogP contribution in [0.2, 0.25) is 0 Å². The average molecular weight is 233 g/mol. The van der Waals surface area contributed by atoms with Crippen LogP contribution in [-0.4, -0.2) is 15.0 Å². The second kappa shape index (κ2) is 3.47. The molecule has 0 fully saturated rings. The average Bonchev–Trinajstić information content (AvgIpc) is 3.02. The van der Waals surface area contributed by atoms with Crippen molar-refractivity contribution in [2.75, 3.05) is 0 Å². The molecule has 2 heterocycles. The van der Waals surface area contributed by atoms with Crippen molar-refractivity contribution in [2.45, 2.75) is 0 Å². The normalized spacial score (nSPS) is 11.3. The Kier molecular flexibility index (Phi) is 1.83. The summed E-state index contributed by atoms with van der Waals surface area (Å²) in [6.45, 7) is 0. The molecule has 86 valence electrons. The molecule has 3 nitrogen and oxygen atoms in total. The topological polar surface area (TPSA) is 44.5 Å². The van der Waals surface area contributed by atoms with Gasteiger partial charge >= 0.3 is 0 Å². The van der Waals surface area contributed by atoms with Crippen LogP contribution in [0.1, 0.15) is 0 Å². The Labute approximate surface area is 103 Å². The molecule has 0 aliphatic carbocycles. The second-order valence-corrected chi connectivity index (χ2v) is 4.35. The molecule has 0 aliphatic heterocycles. The number of para-hydroxylation sites is 3. The van der Waals surface area contributed by atoms with E-state index in [9.17, 15) is 0 Å². The van der Waals surface area contributed by atoms with Gasteiger partial charge in [0.05, 0.1) is 11.0 Å². The lowest BCUT2D eigenvalue weighted by atomic mass is 10.2. The predicted octanol–water partition coefficient (Wildman–Crippen LogP) is 3.71. The highest BCUT2D eigenvalue weighted by Gasteiger charge is 2.09. The third-order valence-corrected chi connectivity index (χ3v) is 3.23. The maximum Gasteiger partial charge on any atom is 0.140 e. The van der Waals surface area contributed by atoms with Crippen LogP contribution in [-0.2, 0) is 0 Å². The molecule has 2 aromatic heterocycles. The van der Waals surface area contributed by atoms with Crippen molar-refractivity contribution in [1.29, 1.82) is 0 Å². The molecule has 0 spiro atoms. The van der Waals surface area contributed by atoms with Gasteiger partial charge in [-0.2, -0.15) is 0 Å². The number of aromatic nitrogens is 3. The van der Waals surface area contributed by atoms with Crippen molar-refractivity contribution in [3.05, 3.63) is 54.7 Å². The van der Waals surface area contributed by atoms with Gasteiger partial charge < -0.3 is 9.97 Å². The largest absolute Gasteiger partial charge is 0.360 e. The highest BCUT2D eigenvalue weighted by Crippen LogP contribution is 2.27. The number of fused-ring (bicyclic) bond motifs is 2. The van der Waals surface area contributed by atoms with E-state index in [1.165, 1.54) is 5.39 Å². The maximum atomic E-state index is 4.63. The lowest BCUT2D eigenvalue weighted by molar-refractivity contribution is 1.34. The summed E-state index contributed by atoms with van der Waals surface area (Å²) in [6.07, 6.45) is 2.00. The van der Waals surface area contributed by atoms with Gasteiger partial charge in [0.25, 0.3) is 0 Å². The van der Waals surface area contributed by atoms with Crippen LogP contribution in [0, 0.1) is 0 Å². The third kappa shape index (κ3) is 1.27. The monoisotopic (exact) mass is 233 g/mol. The zero-order chi connectivity index (χ0) is 11.9. The Hall–Kier alpha value is -2.55. The molecule has 0 aliphatic rings. The molecular weight excluding hydrogens is 222 g/mol. The smallest absolute Gasteiger partial charge is 0.140 e. The molecule has 0 unspecified atom stereocenters. The van der Waals surface area contributed by atoms with Crippen LogP contribution in [0.5, 0.6) is 0 Å². The van der Waals surface area contributed by atoms with Crippen molar-refractivity contribution >= 4 is 21.9 Å². The fourth-order valence-electron chi connectivity index (χ4n) is 2.35. The Balaban J connectivity index is 2.01. The Morgan fingerprint density at radius 3 is 2.50 bits per heavy atom. The summed E-state index contributed by atoms with van der Waals surface area (Å²) in [7, 11) is 0. The maximum absolute atomic E-state index is 4.63. The van der Waals surface area contributed by atoms with Gasteiger partial charge in [0.15, 0.2) is 0 Å². The summed E-state index contributed by atoms with van der Waals surface area (Å²) < 4.78 is 0. The van der Waals surface area contributed by atoms with Gasteiger partial charge in [-0.15, -0.1) is 0 Å². The van der Waals surface area contributed by atoms with Gasteiger partial charge in [-0.05, 0) is 18.2 Å². The van der Waals surface area contributed by atoms with E-state index in [0.717, 1.165) is 27.9 Å². The van der Waals surface area contributed by atoms with E-state index in [4.69, 9.17) is 0 Å². The number of imidazole rings is 1. The van der Waals surface area contributed by atoms with Crippen molar-refractivity contribution in [3.63, 3.8) is 0 Å². The molecule has 18 heavy (non-hydrogen) atoms. The summed E-state index contributed by atoms with van der Waals surface area (Å²) in [5, 5.41) is 1.19. The lowest BCUT2D eigenvalue weighted by Crippen LogP contribution is -1.77. The SMILES string of the molecule is c1ccc2[nH]c(-c3c[nH]c4ccccc34)nc2c1. The molecule has 0 amide bonds. The molecule has 0 radical (unpaired) electrons. The molecule has 2 N–H and O–H groups in total. The van der Waals surface area contributed by atoms with Gasteiger partial charge in [0.1, 0.15) is 5.82 Å². The Morgan fingerprint density at radius 2 is 1.61 bits per heavy atom. The van der Waals surface area contributed by atoms with Gasteiger partial charge in [-0.1, -0.05) is 30.3 Å². The minimum atomic E-state index is 0.911. The molecule has 0 atom stereocenters. The fourth-order valence-corrected chi connectivity index (χ4v) is 2.35. The van der Waals surface area contributed by atoms with E-state index in [0.29, 0.717) is 0 Å². The first-order valence-corrected chi connectivity index (χ1v) is 5.93. The minimum absolute atomic E-state index is 0.911. The van der Waals surface area contributed by atoms with Crippen LogP contribution in [0.15, 0.2) is 54.7 Å². The minimum Gasteiger partial charge on any atom is -0.360 e. The molecule has 3 heteroatoms. The van der Waals surface area contributed by atoms with Crippen LogP contribution in [0.4, 0.5) is 0 Å². The number of hydrogen-bond donors (Lipinski definition) is 2. The number of rotatable bonds is 1. The van der Waals surface area contributed by atoms with Gasteiger partial charge in [0.2, 0.25) is 0 Å². The number of benzene rings is 2. The fraction of sp³-hybridized carbons (Fsp3) is 0. The second-order valence-electron chi connectivity index (χ2n) is 4.35. The number of hydrogen-bond acceptors (Lipinski definition) is 1. The first-order valence-electron chi connectivity index (χ1n) is 5.93. The zero-order valence-corrected chi connectivity index (χ0v) is 9.64. The van der Waals surface area contributed by atoms with E-state index >= 15 is 0 Å². The van der Waals surface area contributed by atoms with E-state index in [-0.39, 0.29) is 0 Å². The van der Waals surface area contributed by atoms with Crippen molar-refractivity contribution in [2.24, 2.45) is 0 Å². The van der Waals surface area contributed by atoms with Gasteiger partial charge in [-0.25, -0.2) is 4.98 Å². The van der Waals surface area contributed by atoms with Crippen molar-refractivity contribution < 1.29 is 0 Å². The summed E-state index contributed by atoms with van der Waals surface area (Å²) in [5.74, 6) is 0.911. The van der Waals surface area contributed by atoms with Crippen LogP contribution >= 0.6 is 0 Å².